The third kappa shape index (κ3) is 2.76. The molecule has 1 aliphatic heterocycles. The van der Waals surface area contributed by atoms with Crippen LogP contribution in [0.4, 0.5) is 5.69 Å². The van der Waals surface area contributed by atoms with Gasteiger partial charge in [-0.25, -0.2) is 0 Å². The predicted molar refractivity (Wildman–Crippen MR) is 82.1 cm³/mol. The number of benzene rings is 2. The van der Waals surface area contributed by atoms with E-state index in [1.807, 2.05) is 0 Å². The molecule has 0 atom stereocenters. The zero-order chi connectivity index (χ0) is 12.9. The molecule has 0 radical (unpaired) electrons. The Morgan fingerprint density at radius 1 is 0.842 bits per heavy atom. The summed E-state index contributed by atoms with van der Waals surface area (Å²) in [5.74, 6) is 0. The molecule has 0 saturated heterocycles. The van der Waals surface area contributed by atoms with Crippen molar-refractivity contribution in [3.63, 3.8) is 0 Å². The summed E-state index contributed by atoms with van der Waals surface area (Å²) in [6.07, 6.45) is 8.60. The number of rotatable bonds is 2. The fourth-order valence-corrected chi connectivity index (χ4v) is 2.39. The van der Waals surface area contributed by atoms with Gasteiger partial charge in [-0.15, -0.1) is 0 Å². The van der Waals surface area contributed by atoms with Crippen LogP contribution >= 0.6 is 0 Å². The van der Waals surface area contributed by atoms with Crippen molar-refractivity contribution in [3.8, 4) is 0 Å². The number of anilines is 1. The highest BCUT2D eigenvalue weighted by atomic mass is 15.1. The van der Waals surface area contributed by atoms with E-state index in [9.17, 15) is 0 Å². The van der Waals surface area contributed by atoms with Crippen molar-refractivity contribution in [2.24, 2.45) is 0 Å². The Labute approximate surface area is 114 Å². The highest BCUT2D eigenvalue weighted by Crippen LogP contribution is 2.24. The molecular formula is C18H17N. The van der Waals surface area contributed by atoms with Crippen LogP contribution in [0.3, 0.4) is 0 Å². The fourth-order valence-electron chi connectivity index (χ4n) is 2.39. The average molecular weight is 247 g/mol. The largest absolute Gasteiger partial charge is 0.363 e. The zero-order valence-corrected chi connectivity index (χ0v) is 10.9. The molecule has 0 aromatic heterocycles. The molecule has 0 aliphatic carbocycles. The minimum Gasteiger partial charge on any atom is -0.363 e. The Balaban J connectivity index is 1.94. The minimum absolute atomic E-state index is 0.941. The molecule has 19 heavy (non-hydrogen) atoms. The van der Waals surface area contributed by atoms with Crippen molar-refractivity contribution < 1.29 is 0 Å². The second kappa shape index (κ2) is 5.57. The van der Waals surface area contributed by atoms with E-state index in [2.05, 4.69) is 83.8 Å². The molecular weight excluding hydrogens is 230 g/mol. The summed E-state index contributed by atoms with van der Waals surface area (Å²) < 4.78 is 0. The number of fused-ring (bicyclic) bond motifs is 1. The minimum atomic E-state index is 0.941. The Morgan fingerprint density at radius 3 is 2.53 bits per heavy atom. The Hall–Kier alpha value is -2.28. The van der Waals surface area contributed by atoms with Gasteiger partial charge < -0.3 is 4.90 Å². The van der Waals surface area contributed by atoms with Crippen LogP contribution in [0.15, 0.2) is 72.8 Å². The van der Waals surface area contributed by atoms with Crippen LogP contribution in [0, 0.1) is 0 Å². The van der Waals surface area contributed by atoms with E-state index in [1.165, 1.54) is 16.8 Å². The number of hydrogen-bond acceptors (Lipinski definition) is 1. The second-order valence-corrected chi connectivity index (χ2v) is 4.71. The molecule has 3 rings (SSSR count). The molecule has 2 aromatic carbocycles. The van der Waals surface area contributed by atoms with Crippen molar-refractivity contribution >= 4 is 11.8 Å². The molecule has 94 valence electrons. The first-order chi connectivity index (χ1) is 9.43. The molecule has 0 bridgehead atoms. The lowest BCUT2D eigenvalue weighted by Crippen LogP contribution is -2.23. The van der Waals surface area contributed by atoms with Crippen LogP contribution < -0.4 is 4.90 Å². The van der Waals surface area contributed by atoms with Gasteiger partial charge in [-0.1, -0.05) is 72.8 Å². The summed E-state index contributed by atoms with van der Waals surface area (Å²) in [4.78, 5) is 2.41. The first-order valence-electron chi connectivity index (χ1n) is 6.64. The van der Waals surface area contributed by atoms with E-state index in [0.29, 0.717) is 0 Å². The van der Waals surface area contributed by atoms with Crippen LogP contribution in [0.25, 0.3) is 6.08 Å². The quantitative estimate of drug-likeness (QED) is 0.765. The van der Waals surface area contributed by atoms with Gasteiger partial charge in [0.2, 0.25) is 0 Å². The van der Waals surface area contributed by atoms with Gasteiger partial charge in [0, 0.05) is 18.8 Å². The van der Waals surface area contributed by atoms with Crippen molar-refractivity contribution in [1.29, 1.82) is 0 Å². The molecule has 1 aliphatic rings. The maximum atomic E-state index is 2.41. The Bertz CT molecular complexity index is 596. The lowest BCUT2D eigenvalue weighted by Gasteiger charge is -2.26. The SMILES string of the molecule is C1=CCN(Cc2ccccc2)c2ccccc2C=C1. The van der Waals surface area contributed by atoms with Crippen molar-refractivity contribution in [3.05, 3.63) is 84.0 Å². The molecule has 1 nitrogen and oxygen atoms in total. The third-order valence-electron chi connectivity index (χ3n) is 3.34. The van der Waals surface area contributed by atoms with Gasteiger partial charge in [0.05, 0.1) is 0 Å². The first kappa shape index (κ1) is 11.8. The predicted octanol–water partition coefficient (Wildman–Crippen LogP) is 4.28. The van der Waals surface area contributed by atoms with Crippen molar-refractivity contribution in [2.75, 3.05) is 11.4 Å². The first-order valence-corrected chi connectivity index (χ1v) is 6.64. The molecule has 0 fully saturated rings. The summed E-state index contributed by atoms with van der Waals surface area (Å²) in [7, 11) is 0. The summed E-state index contributed by atoms with van der Waals surface area (Å²) in [5.41, 5.74) is 3.92. The molecule has 0 spiro atoms. The summed E-state index contributed by atoms with van der Waals surface area (Å²) >= 11 is 0. The molecule has 2 aromatic rings. The Morgan fingerprint density at radius 2 is 1.63 bits per heavy atom. The van der Waals surface area contributed by atoms with Gasteiger partial charge in [-0.3, -0.25) is 0 Å². The van der Waals surface area contributed by atoms with Gasteiger partial charge in [0.15, 0.2) is 0 Å². The average Bonchev–Trinajstić information content (AvgIpc) is 2.45. The van der Waals surface area contributed by atoms with Crippen LogP contribution in [-0.4, -0.2) is 6.54 Å². The lowest BCUT2D eigenvalue weighted by molar-refractivity contribution is 0.865. The number of allylic oxidation sites excluding steroid dienone is 2. The zero-order valence-electron chi connectivity index (χ0n) is 10.9. The number of para-hydroxylation sites is 1. The Kier molecular flexibility index (Phi) is 3.46. The van der Waals surface area contributed by atoms with Gasteiger partial charge in [0.1, 0.15) is 0 Å². The second-order valence-electron chi connectivity index (χ2n) is 4.71. The standard InChI is InChI=1S/C18H17N/c1-3-9-16(10-4-1)15-19-14-8-2-5-11-17-12-6-7-13-18(17)19/h1-13H,14-15H2. The molecule has 1 heteroatoms. The summed E-state index contributed by atoms with van der Waals surface area (Å²) in [6, 6.07) is 19.2. The van der Waals surface area contributed by atoms with Crippen molar-refractivity contribution in [2.45, 2.75) is 6.54 Å². The van der Waals surface area contributed by atoms with E-state index in [0.717, 1.165) is 13.1 Å². The summed E-state index contributed by atoms with van der Waals surface area (Å²) in [6.45, 7) is 1.88. The smallest absolute Gasteiger partial charge is 0.0445 e. The van der Waals surface area contributed by atoms with Crippen LogP contribution in [0.1, 0.15) is 11.1 Å². The highest BCUT2D eigenvalue weighted by Gasteiger charge is 2.09. The van der Waals surface area contributed by atoms with E-state index in [4.69, 9.17) is 0 Å². The monoisotopic (exact) mass is 247 g/mol. The normalized spacial score (nSPS) is 13.8. The summed E-state index contributed by atoms with van der Waals surface area (Å²) in [5, 5.41) is 0. The fraction of sp³-hybridized carbons (Fsp3) is 0.111. The van der Waals surface area contributed by atoms with E-state index < -0.39 is 0 Å². The molecule has 1 heterocycles. The molecule has 0 amide bonds. The lowest BCUT2D eigenvalue weighted by atomic mass is 10.1. The van der Waals surface area contributed by atoms with E-state index in [1.54, 1.807) is 0 Å². The molecule has 0 saturated carbocycles. The molecule has 0 N–H and O–H groups in total. The van der Waals surface area contributed by atoms with Crippen LogP contribution in [0.5, 0.6) is 0 Å². The topological polar surface area (TPSA) is 3.24 Å². The van der Waals surface area contributed by atoms with Crippen molar-refractivity contribution in [1.82, 2.24) is 0 Å². The maximum Gasteiger partial charge on any atom is 0.0445 e. The van der Waals surface area contributed by atoms with E-state index in [-0.39, 0.29) is 0 Å². The maximum absolute atomic E-state index is 2.41. The van der Waals surface area contributed by atoms with Gasteiger partial charge in [-0.2, -0.15) is 0 Å². The van der Waals surface area contributed by atoms with Gasteiger partial charge in [0.25, 0.3) is 0 Å². The number of nitrogens with zero attached hydrogens (tertiary/aromatic N) is 1. The van der Waals surface area contributed by atoms with Crippen LogP contribution in [0.2, 0.25) is 0 Å². The highest BCUT2D eigenvalue weighted by molar-refractivity contribution is 5.69. The van der Waals surface area contributed by atoms with Gasteiger partial charge in [-0.05, 0) is 17.2 Å². The van der Waals surface area contributed by atoms with E-state index >= 15 is 0 Å². The third-order valence-corrected chi connectivity index (χ3v) is 3.34. The van der Waals surface area contributed by atoms with Gasteiger partial charge >= 0.3 is 0 Å². The van der Waals surface area contributed by atoms with Crippen LogP contribution in [-0.2, 0) is 6.54 Å². The molecule has 0 unspecified atom stereocenters. The number of hydrogen-bond donors (Lipinski definition) is 0.